The Hall–Kier alpha value is -2.60. The normalized spacial score (nSPS) is 9.59. The molecular formula is C14H8NO2-. The molecule has 0 spiro atoms. The van der Waals surface area contributed by atoms with Crippen LogP contribution in [-0.4, -0.2) is 5.97 Å². The number of hydrogen-bond acceptors (Lipinski definition) is 3. The Morgan fingerprint density at radius 3 is 2.35 bits per heavy atom. The van der Waals surface area contributed by atoms with Gasteiger partial charge in [-0.05, 0) is 34.9 Å². The number of nitriles is 1. The first-order valence-electron chi connectivity index (χ1n) is 5.02. The molecule has 0 atom stereocenters. The van der Waals surface area contributed by atoms with E-state index in [2.05, 4.69) is 0 Å². The van der Waals surface area contributed by atoms with Crippen LogP contribution in [0.1, 0.15) is 15.9 Å². The molecule has 2 aromatic rings. The second-order valence-corrected chi connectivity index (χ2v) is 3.56. The summed E-state index contributed by atoms with van der Waals surface area (Å²) in [7, 11) is 0. The molecule has 0 aromatic heterocycles. The van der Waals surface area contributed by atoms with E-state index in [1.165, 1.54) is 12.1 Å². The van der Waals surface area contributed by atoms with Gasteiger partial charge in [-0.1, -0.05) is 30.3 Å². The van der Waals surface area contributed by atoms with Gasteiger partial charge < -0.3 is 9.90 Å². The zero-order valence-electron chi connectivity index (χ0n) is 8.88. The van der Waals surface area contributed by atoms with Crippen LogP contribution in [0.25, 0.3) is 11.1 Å². The highest BCUT2D eigenvalue weighted by atomic mass is 16.4. The SMILES string of the molecule is N#Cc1cccc(-c2cccc(C(=O)[O-])c2)c1. The molecule has 0 aliphatic rings. The third kappa shape index (κ3) is 2.32. The summed E-state index contributed by atoms with van der Waals surface area (Å²) in [6.45, 7) is 0. The number of carboxylic acid groups (broad SMARTS) is 1. The molecule has 0 N–H and O–H groups in total. The molecule has 0 radical (unpaired) electrons. The van der Waals surface area contributed by atoms with Crippen molar-refractivity contribution in [2.45, 2.75) is 0 Å². The average Bonchev–Trinajstić information content (AvgIpc) is 2.39. The van der Waals surface area contributed by atoms with Crippen LogP contribution >= 0.6 is 0 Å². The fourth-order valence-corrected chi connectivity index (χ4v) is 1.59. The summed E-state index contributed by atoms with van der Waals surface area (Å²) < 4.78 is 0. The molecule has 0 unspecified atom stereocenters. The van der Waals surface area contributed by atoms with Gasteiger partial charge in [0.05, 0.1) is 17.6 Å². The predicted octanol–water partition coefficient (Wildman–Crippen LogP) is 1.59. The molecule has 2 aromatic carbocycles. The molecule has 3 nitrogen and oxygen atoms in total. The van der Waals surface area contributed by atoms with Gasteiger partial charge in [0, 0.05) is 0 Å². The monoisotopic (exact) mass is 222 g/mol. The Labute approximate surface area is 98.6 Å². The van der Waals surface area contributed by atoms with Gasteiger partial charge in [-0.15, -0.1) is 0 Å². The van der Waals surface area contributed by atoms with E-state index in [1.807, 2.05) is 12.1 Å². The zero-order valence-corrected chi connectivity index (χ0v) is 8.88. The van der Waals surface area contributed by atoms with Gasteiger partial charge in [0.2, 0.25) is 0 Å². The second kappa shape index (κ2) is 4.50. The summed E-state index contributed by atoms with van der Waals surface area (Å²) in [5.41, 5.74) is 2.24. The first kappa shape index (κ1) is 10.9. The van der Waals surface area contributed by atoms with Crippen molar-refractivity contribution in [1.29, 1.82) is 5.26 Å². The van der Waals surface area contributed by atoms with Crippen molar-refractivity contribution < 1.29 is 9.90 Å². The highest BCUT2D eigenvalue weighted by molar-refractivity contribution is 5.87. The van der Waals surface area contributed by atoms with Gasteiger partial charge in [0.25, 0.3) is 0 Å². The Morgan fingerprint density at radius 2 is 1.71 bits per heavy atom. The van der Waals surface area contributed by atoms with Gasteiger partial charge in [0.15, 0.2) is 0 Å². The van der Waals surface area contributed by atoms with Crippen LogP contribution in [0.3, 0.4) is 0 Å². The van der Waals surface area contributed by atoms with Crippen molar-refractivity contribution in [2.24, 2.45) is 0 Å². The van der Waals surface area contributed by atoms with Crippen molar-refractivity contribution >= 4 is 5.97 Å². The number of carbonyl (C=O) groups excluding carboxylic acids is 1. The van der Waals surface area contributed by atoms with Crippen LogP contribution in [0.4, 0.5) is 0 Å². The topological polar surface area (TPSA) is 63.9 Å². The lowest BCUT2D eigenvalue weighted by atomic mass is 10.0. The minimum absolute atomic E-state index is 0.130. The fraction of sp³-hybridized carbons (Fsp3) is 0. The van der Waals surface area contributed by atoms with Gasteiger partial charge in [-0.25, -0.2) is 0 Å². The molecule has 0 bridgehead atoms. The Morgan fingerprint density at radius 1 is 1.06 bits per heavy atom. The lowest BCUT2D eigenvalue weighted by molar-refractivity contribution is -0.255. The summed E-state index contributed by atoms with van der Waals surface area (Å²) in [5.74, 6) is -1.21. The van der Waals surface area contributed by atoms with Crippen LogP contribution in [0.2, 0.25) is 0 Å². The molecule has 3 heteroatoms. The smallest absolute Gasteiger partial charge is 0.0991 e. The van der Waals surface area contributed by atoms with Gasteiger partial charge >= 0.3 is 0 Å². The Kier molecular flexibility index (Phi) is 2.89. The van der Waals surface area contributed by atoms with Crippen molar-refractivity contribution in [3.05, 3.63) is 59.7 Å². The Bertz CT molecular complexity index is 612. The molecule has 0 fully saturated rings. The molecule has 0 aliphatic carbocycles. The maximum Gasteiger partial charge on any atom is 0.0991 e. The Balaban J connectivity index is 2.49. The number of aromatic carboxylic acids is 1. The maximum absolute atomic E-state index is 10.7. The molecule has 0 saturated carbocycles. The van der Waals surface area contributed by atoms with E-state index in [0.29, 0.717) is 5.56 Å². The molecule has 0 amide bonds. The molecule has 17 heavy (non-hydrogen) atoms. The molecular weight excluding hydrogens is 214 g/mol. The number of carbonyl (C=O) groups is 1. The van der Waals surface area contributed by atoms with Crippen molar-refractivity contribution in [1.82, 2.24) is 0 Å². The second-order valence-electron chi connectivity index (χ2n) is 3.56. The summed E-state index contributed by atoms with van der Waals surface area (Å²) in [6.07, 6.45) is 0. The summed E-state index contributed by atoms with van der Waals surface area (Å²) in [4.78, 5) is 10.7. The number of carboxylic acids is 1. The third-order valence-corrected chi connectivity index (χ3v) is 2.42. The number of hydrogen-bond donors (Lipinski definition) is 0. The third-order valence-electron chi connectivity index (χ3n) is 2.42. The number of nitrogens with zero attached hydrogens (tertiary/aromatic N) is 1. The van der Waals surface area contributed by atoms with E-state index < -0.39 is 5.97 Å². The molecule has 0 aliphatic heterocycles. The fourth-order valence-electron chi connectivity index (χ4n) is 1.59. The first-order chi connectivity index (χ1) is 8.20. The standard InChI is InChI=1S/C14H9NO2/c15-9-10-3-1-4-11(7-10)12-5-2-6-13(8-12)14(16)17/h1-8H,(H,16,17)/p-1. The zero-order chi connectivity index (χ0) is 12.3. The van der Waals surface area contributed by atoms with Crippen LogP contribution in [0.15, 0.2) is 48.5 Å². The molecule has 0 heterocycles. The lowest BCUT2D eigenvalue weighted by Crippen LogP contribution is -2.22. The van der Waals surface area contributed by atoms with E-state index >= 15 is 0 Å². The van der Waals surface area contributed by atoms with E-state index in [0.717, 1.165) is 11.1 Å². The summed E-state index contributed by atoms with van der Waals surface area (Å²) in [5, 5.41) is 19.5. The molecule has 82 valence electrons. The van der Waals surface area contributed by atoms with Gasteiger partial charge in [0.1, 0.15) is 0 Å². The van der Waals surface area contributed by atoms with Crippen molar-refractivity contribution in [3.63, 3.8) is 0 Å². The minimum atomic E-state index is -1.21. The molecule has 2 rings (SSSR count). The average molecular weight is 222 g/mol. The quantitative estimate of drug-likeness (QED) is 0.775. The largest absolute Gasteiger partial charge is 0.545 e. The van der Waals surface area contributed by atoms with Crippen LogP contribution in [0.5, 0.6) is 0 Å². The van der Waals surface area contributed by atoms with Crippen LogP contribution in [-0.2, 0) is 0 Å². The predicted molar refractivity (Wildman–Crippen MR) is 60.9 cm³/mol. The number of rotatable bonds is 2. The highest BCUT2D eigenvalue weighted by Crippen LogP contribution is 2.21. The van der Waals surface area contributed by atoms with Crippen LogP contribution < -0.4 is 5.11 Å². The van der Waals surface area contributed by atoms with Gasteiger partial charge in [-0.3, -0.25) is 0 Å². The van der Waals surface area contributed by atoms with E-state index in [9.17, 15) is 9.90 Å². The van der Waals surface area contributed by atoms with Gasteiger partial charge in [-0.2, -0.15) is 5.26 Å². The van der Waals surface area contributed by atoms with Crippen molar-refractivity contribution in [3.8, 4) is 17.2 Å². The van der Waals surface area contributed by atoms with E-state index in [-0.39, 0.29) is 5.56 Å². The maximum atomic E-state index is 10.7. The van der Waals surface area contributed by atoms with Crippen molar-refractivity contribution in [2.75, 3.05) is 0 Å². The molecule has 0 saturated heterocycles. The highest BCUT2D eigenvalue weighted by Gasteiger charge is 2.01. The summed E-state index contributed by atoms with van der Waals surface area (Å²) >= 11 is 0. The lowest BCUT2D eigenvalue weighted by Gasteiger charge is -2.06. The summed E-state index contributed by atoms with van der Waals surface area (Å²) in [6, 6.07) is 15.5. The van der Waals surface area contributed by atoms with E-state index in [4.69, 9.17) is 5.26 Å². The number of benzene rings is 2. The van der Waals surface area contributed by atoms with E-state index in [1.54, 1.807) is 30.3 Å². The first-order valence-corrected chi connectivity index (χ1v) is 5.02. The van der Waals surface area contributed by atoms with Crippen LogP contribution in [0, 0.1) is 11.3 Å². The minimum Gasteiger partial charge on any atom is -0.545 e.